The van der Waals surface area contributed by atoms with Crippen molar-refractivity contribution in [3.63, 3.8) is 0 Å². The maximum absolute atomic E-state index is 13.1. The number of benzene rings is 2. The first-order valence-corrected chi connectivity index (χ1v) is 9.91. The molecule has 2 aromatic rings. The van der Waals surface area contributed by atoms with Crippen molar-refractivity contribution < 1.29 is 9.18 Å². The molecule has 3 nitrogen and oxygen atoms in total. The minimum Gasteiger partial charge on any atom is -0.353 e. The highest BCUT2D eigenvalue weighted by molar-refractivity contribution is 5.79. The minimum atomic E-state index is -0.209. The van der Waals surface area contributed by atoms with Gasteiger partial charge in [-0.2, -0.15) is 0 Å². The normalized spacial score (nSPS) is 18.8. The summed E-state index contributed by atoms with van der Waals surface area (Å²) in [5, 5.41) is 3.20. The molecule has 4 heteroatoms. The van der Waals surface area contributed by atoms with E-state index in [1.165, 1.54) is 17.7 Å². The maximum Gasteiger partial charge on any atom is 0.224 e. The molecule has 0 unspecified atom stereocenters. The first-order chi connectivity index (χ1) is 13.1. The van der Waals surface area contributed by atoms with Crippen LogP contribution in [-0.2, 0) is 17.8 Å². The molecule has 3 rings (SSSR count). The Kier molecular flexibility index (Phi) is 6.99. The van der Waals surface area contributed by atoms with Gasteiger partial charge in [-0.15, -0.1) is 0 Å². The monoisotopic (exact) mass is 368 g/mol. The second kappa shape index (κ2) is 9.65. The van der Waals surface area contributed by atoms with E-state index in [0.717, 1.165) is 50.9 Å². The van der Waals surface area contributed by atoms with Gasteiger partial charge in [0, 0.05) is 19.1 Å². The van der Waals surface area contributed by atoms with Crippen LogP contribution in [0.25, 0.3) is 0 Å². The molecule has 1 amide bonds. The Bertz CT molecular complexity index is 717. The van der Waals surface area contributed by atoms with Crippen molar-refractivity contribution >= 4 is 5.91 Å². The Labute approximate surface area is 161 Å². The molecule has 0 bridgehead atoms. The Morgan fingerprint density at radius 2 is 1.89 bits per heavy atom. The lowest BCUT2D eigenvalue weighted by molar-refractivity contribution is -0.127. The van der Waals surface area contributed by atoms with Crippen LogP contribution in [0, 0.1) is 11.7 Å². The van der Waals surface area contributed by atoms with Crippen LogP contribution in [0.3, 0.4) is 0 Å². The van der Waals surface area contributed by atoms with Crippen LogP contribution in [-0.4, -0.2) is 29.9 Å². The highest BCUT2D eigenvalue weighted by Crippen LogP contribution is 2.19. The fourth-order valence-corrected chi connectivity index (χ4v) is 3.72. The number of amides is 1. The Morgan fingerprint density at radius 1 is 1.15 bits per heavy atom. The molecule has 27 heavy (non-hydrogen) atoms. The largest absolute Gasteiger partial charge is 0.353 e. The number of nitrogens with zero attached hydrogens (tertiary/aromatic N) is 1. The van der Waals surface area contributed by atoms with Gasteiger partial charge in [-0.25, -0.2) is 4.39 Å². The number of likely N-dealkylation sites (tertiary alicyclic amines) is 1. The molecule has 0 radical (unpaired) electrons. The number of carbonyl (C=O) groups excluding carboxylic acids is 1. The van der Waals surface area contributed by atoms with Gasteiger partial charge in [0.2, 0.25) is 5.91 Å². The lowest BCUT2D eigenvalue weighted by Gasteiger charge is -2.32. The predicted octanol–water partition coefficient (Wildman–Crippen LogP) is 4.18. The van der Waals surface area contributed by atoms with E-state index >= 15 is 0 Å². The number of piperidine rings is 1. The van der Waals surface area contributed by atoms with Gasteiger partial charge < -0.3 is 5.32 Å². The van der Waals surface area contributed by atoms with Gasteiger partial charge in [0.05, 0.1) is 5.92 Å². The van der Waals surface area contributed by atoms with E-state index in [0.29, 0.717) is 0 Å². The molecular weight excluding hydrogens is 339 g/mol. The standard InChI is InChI=1S/C23H29FN2O/c1-18(9-10-19-6-3-2-4-7-19)25-23(27)21-8-5-15-26(17-21)16-20-11-13-22(24)14-12-20/h2-4,6-7,11-14,18,21H,5,8-10,15-17H2,1H3,(H,25,27)/t18-,21+/m1/s1. The molecule has 144 valence electrons. The average molecular weight is 368 g/mol. The second-order valence-electron chi connectivity index (χ2n) is 7.63. The van der Waals surface area contributed by atoms with E-state index in [1.54, 1.807) is 0 Å². The number of rotatable bonds is 7. The Hall–Kier alpha value is -2.20. The highest BCUT2D eigenvalue weighted by atomic mass is 19.1. The number of halogens is 1. The van der Waals surface area contributed by atoms with Gasteiger partial charge in [0.1, 0.15) is 5.82 Å². The van der Waals surface area contributed by atoms with Gasteiger partial charge >= 0.3 is 0 Å². The Balaban J connectivity index is 1.45. The highest BCUT2D eigenvalue weighted by Gasteiger charge is 2.26. The lowest BCUT2D eigenvalue weighted by atomic mass is 9.96. The zero-order chi connectivity index (χ0) is 19.1. The summed E-state index contributed by atoms with van der Waals surface area (Å²) in [6.07, 6.45) is 3.89. The topological polar surface area (TPSA) is 32.3 Å². The van der Waals surface area contributed by atoms with Crippen molar-refractivity contribution in [2.75, 3.05) is 13.1 Å². The summed E-state index contributed by atoms with van der Waals surface area (Å²) in [4.78, 5) is 15.0. The molecule has 1 N–H and O–H groups in total. The van der Waals surface area contributed by atoms with E-state index in [-0.39, 0.29) is 23.7 Å². The molecule has 1 aliphatic rings. The molecule has 1 saturated heterocycles. The smallest absolute Gasteiger partial charge is 0.224 e. The summed E-state index contributed by atoms with van der Waals surface area (Å²) in [5.74, 6) is -0.00289. The molecular formula is C23H29FN2O. The third-order valence-corrected chi connectivity index (χ3v) is 5.29. The molecule has 0 aliphatic carbocycles. The summed E-state index contributed by atoms with van der Waals surface area (Å²) in [5.41, 5.74) is 2.40. The van der Waals surface area contributed by atoms with E-state index in [2.05, 4.69) is 41.4 Å². The molecule has 1 aliphatic heterocycles. The number of nitrogens with one attached hydrogen (secondary N) is 1. The van der Waals surface area contributed by atoms with Crippen molar-refractivity contribution in [2.45, 2.75) is 45.2 Å². The number of hydrogen-bond acceptors (Lipinski definition) is 2. The van der Waals surface area contributed by atoms with E-state index in [1.807, 2.05) is 18.2 Å². The minimum absolute atomic E-state index is 0.0402. The number of hydrogen-bond donors (Lipinski definition) is 1. The van der Waals surface area contributed by atoms with Gasteiger partial charge in [0.15, 0.2) is 0 Å². The van der Waals surface area contributed by atoms with E-state index in [9.17, 15) is 9.18 Å². The van der Waals surface area contributed by atoms with Crippen LogP contribution < -0.4 is 5.32 Å². The van der Waals surface area contributed by atoms with E-state index in [4.69, 9.17) is 0 Å². The molecule has 1 fully saturated rings. The summed E-state index contributed by atoms with van der Waals surface area (Å²) >= 11 is 0. The van der Waals surface area contributed by atoms with Gasteiger partial charge in [0.25, 0.3) is 0 Å². The summed E-state index contributed by atoms with van der Waals surface area (Å²) in [6.45, 7) is 4.62. The predicted molar refractivity (Wildman–Crippen MR) is 107 cm³/mol. The second-order valence-corrected chi connectivity index (χ2v) is 7.63. The van der Waals surface area contributed by atoms with Crippen LogP contribution in [0.2, 0.25) is 0 Å². The van der Waals surface area contributed by atoms with Crippen molar-refractivity contribution in [1.29, 1.82) is 0 Å². The van der Waals surface area contributed by atoms with Gasteiger partial charge in [-0.1, -0.05) is 42.5 Å². The van der Waals surface area contributed by atoms with E-state index < -0.39 is 0 Å². The average Bonchev–Trinajstić information content (AvgIpc) is 2.69. The van der Waals surface area contributed by atoms with Crippen LogP contribution in [0.5, 0.6) is 0 Å². The number of carbonyl (C=O) groups is 1. The van der Waals surface area contributed by atoms with Crippen molar-refractivity contribution in [2.24, 2.45) is 5.92 Å². The quantitative estimate of drug-likeness (QED) is 0.795. The first-order valence-electron chi connectivity index (χ1n) is 9.91. The lowest BCUT2D eigenvalue weighted by Crippen LogP contribution is -2.45. The van der Waals surface area contributed by atoms with Gasteiger partial charge in [-0.05, 0) is 62.4 Å². The fraction of sp³-hybridized carbons (Fsp3) is 0.435. The molecule has 2 aromatic carbocycles. The summed E-state index contributed by atoms with van der Waals surface area (Å²) in [7, 11) is 0. The Morgan fingerprint density at radius 3 is 2.63 bits per heavy atom. The molecule has 0 saturated carbocycles. The molecule has 2 atom stereocenters. The first kappa shape index (κ1) is 19.6. The zero-order valence-corrected chi connectivity index (χ0v) is 16.0. The zero-order valence-electron chi connectivity index (χ0n) is 16.0. The molecule has 0 aromatic heterocycles. The van der Waals surface area contributed by atoms with Crippen molar-refractivity contribution in [1.82, 2.24) is 10.2 Å². The third-order valence-electron chi connectivity index (χ3n) is 5.29. The van der Waals surface area contributed by atoms with Crippen molar-refractivity contribution in [3.05, 3.63) is 71.5 Å². The van der Waals surface area contributed by atoms with Crippen LogP contribution in [0.1, 0.15) is 37.3 Å². The number of aryl methyl sites for hydroxylation is 1. The molecule has 1 heterocycles. The fourth-order valence-electron chi connectivity index (χ4n) is 3.72. The molecule has 0 spiro atoms. The maximum atomic E-state index is 13.1. The van der Waals surface area contributed by atoms with Gasteiger partial charge in [-0.3, -0.25) is 9.69 Å². The SMILES string of the molecule is C[C@H](CCc1ccccc1)NC(=O)[C@H]1CCCN(Cc2ccc(F)cc2)C1. The van der Waals surface area contributed by atoms with Crippen LogP contribution in [0.4, 0.5) is 4.39 Å². The van der Waals surface area contributed by atoms with Crippen molar-refractivity contribution in [3.8, 4) is 0 Å². The summed E-state index contributed by atoms with van der Waals surface area (Å²) in [6, 6.07) is 17.2. The summed E-state index contributed by atoms with van der Waals surface area (Å²) < 4.78 is 13.1. The van der Waals surface area contributed by atoms with Crippen LogP contribution in [0.15, 0.2) is 54.6 Å². The third kappa shape index (κ3) is 6.17. The van der Waals surface area contributed by atoms with Crippen LogP contribution >= 0.6 is 0 Å².